The molecular formula is C39H39ClF4N6O5. The average molecular weight is 783 g/mol. The maximum atomic E-state index is 15.6. The van der Waals surface area contributed by atoms with E-state index in [9.17, 15) is 27.9 Å². The van der Waals surface area contributed by atoms with Crippen molar-refractivity contribution in [3.05, 3.63) is 87.4 Å². The van der Waals surface area contributed by atoms with Crippen molar-refractivity contribution < 1.29 is 41.7 Å². The summed E-state index contributed by atoms with van der Waals surface area (Å²) in [6.07, 6.45) is -2.01. The number of carbonyl (C=O) groups excluding carboxylic acids is 1. The number of ether oxygens (including phenoxy) is 2. The minimum atomic E-state index is -4.87. The summed E-state index contributed by atoms with van der Waals surface area (Å²) in [6.45, 7) is 0.413. The van der Waals surface area contributed by atoms with Crippen LogP contribution in [0.4, 0.5) is 23.4 Å². The number of aromatic nitrogens is 2. The number of alkyl halides is 3. The summed E-state index contributed by atoms with van der Waals surface area (Å²) >= 11 is 7.08. The third-order valence-electron chi connectivity index (χ3n) is 10.5. The van der Waals surface area contributed by atoms with Gasteiger partial charge in [0.05, 0.1) is 25.3 Å². The predicted molar refractivity (Wildman–Crippen MR) is 196 cm³/mol. The van der Waals surface area contributed by atoms with Crippen LogP contribution in [0.25, 0.3) is 22.3 Å². The van der Waals surface area contributed by atoms with Crippen LogP contribution < -0.4 is 30.7 Å². The number of fused-ring (bicyclic) bond motifs is 1. The van der Waals surface area contributed by atoms with Crippen molar-refractivity contribution in [2.24, 2.45) is 0 Å². The molecule has 1 amide bonds. The molecule has 2 heterocycles. The lowest BCUT2D eigenvalue weighted by atomic mass is 9.93. The first-order valence-corrected chi connectivity index (χ1v) is 18.2. The van der Waals surface area contributed by atoms with Gasteiger partial charge in [-0.2, -0.15) is 18.2 Å². The Morgan fingerprint density at radius 1 is 1.02 bits per heavy atom. The van der Waals surface area contributed by atoms with Gasteiger partial charge in [-0.05, 0) is 66.5 Å². The fraction of sp³-hybridized carbons (Fsp3) is 0.385. The van der Waals surface area contributed by atoms with Gasteiger partial charge in [0, 0.05) is 48.8 Å². The molecule has 1 saturated carbocycles. The number of nitrogens with zero attached hydrogens (tertiary/aromatic N) is 2. The van der Waals surface area contributed by atoms with Gasteiger partial charge in [-0.1, -0.05) is 48.0 Å². The van der Waals surface area contributed by atoms with E-state index in [1.807, 2.05) is 24.3 Å². The van der Waals surface area contributed by atoms with Crippen LogP contribution >= 0.6 is 11.6 Å². The van der Waals surface area contributed by atoms with Crippen molar-refractivity contribution in [2.45, 2.75) is 75.4 Å². The second-order valence-electron chi connectivity index (χ2n) is 14.0. The number of rotatable bonds is 14. The zero-order valence-corrected chi connectivity index (χ0v) is 30.8. The number of hydrogen-bond acceptors (Lipinski definition) is 9. The summed E-state index contributed by atoms with van der Waals surface area (Å²) in [4.78, 5) is 31.2. The van der Waals surface area contributed by atoms with Crippen LogP contribution in [0.15, 0.2) is 48.5 Å². The highest BCUT2D eigenvalue weighted by Crippen LogP contribution is 2.45. The van der Waals surface area contributed by atoms with E-state index in [1.165, 1.54) is 20.3 Å². The third kappa shape index (κ3) is 7.78. The number of carboxylic acid groups (broad SMARTS) is 1. The molecule has 55 heavy (non-hydrogen) atoms. The van der Waals surface area contributed by atoms with E-state index in [2.05, 4.69) is 31.2 Å². The number of nitrogens with one attached hydrogen (secondary N) is 4. The molecule has 0 unspecified atom stereocenters. The predicted octanol–water partition coefficient (Wildman–Crippen LogP) is 6.81. The monoisotopic (exact) mass is 782 g/mol. The fourth-order valence-corrected chi connectivity index (χ4v) is 7.72. The molecule has 0 radical (unpaired) electrons. The molecule has 2 atom stereocenters. The Morgan fingerprint density at radius 2 is 1.76 bits per heavy atom. The molecule has 1 aliphatic heterocycles. The van der Waals surface area contributed by atoms with Gasteiger partial charge >= 0.3 is 12.1 Å². The number of benzene rings is 3. The molecule has 1 aromatic heterocycles. The molecule has 3 aliphatic rings. The zero-order chi connectivity index (χ0) is 39.1. The summed E-state index contributed by atoms with van der Waals surface area (Å²) in [6, 6.07) is 13.5. The summed E-state index contributed by atoms with van der Waals surface area (Å²) in [7, 11) is 2.73. The van der Waals surface area contributed by atoms with Crippen molar-refractivity contribution in [3.63, 3.8) is 0 Å². The van der Waals surface area contributed by atoms with Crippen molar-refractivity contribution in [1.82, 2.24) is 25.9 Å². The summed E-state index contributed by atoms with van der Waals surface area (Å²) < 4.78 is 69.8. The number of hydrogen-bond donors (Lipinski definition) is 5. The lowest BCUT2D eigenvalue weighted by molar-refractivity contribution is -0.142. The molecule has 2 fully saturated rings. The molecule has 0 bridgehead atoms. The summed E-state index contributed by atoms with van der Waals surface area (Å²) in [5.41, 5.74) is 1.93. The average Bonchev–Trinajstić information content (AvgIpc) is 3.68. The standard InChI is InChI=1S/C39H39ClF4N6O5/c1-54-31-16-20(15-28(41)27(31)18-45-17-21-9-12-32(51)47-21)22-5-3-8-26(33(22)40)23-6-4-7-25-24(23)10-11-29(25)49-35-34(39(42,43)44)48-30(36(50-35)55-2)19-46-38(13-14-38)37(52)53/h3-8,15-16,21,29,45-46H,9-14,17-19H2,1-2H3,(H,47,51)(H,49,50)(H,52,53)/t21-,29-/m0/s1. The second-order valence-corrected chi connectivity index (χ2v) is 14.3. The Kier molecular flexibility index (Phi) is 10.6. The number of carboxylic acids is 1. The normalized spacial score (nSPS) is 18.5. The van der Waals surface area contributed by atoms with Gasteiger partial charge in [-0.15, -0.1) is 0 Å². The molecule has 0 spiro atoms. The first kappa shape index (κ1) is 38.3. The maximum absolute atomic E-state index is 15.6. The molecular weight excluding hydrogens is 744 g/mol. The van der Waals surface area contributed by atoms with E-state index in [0.717, 1.165) is 23.1 Å². The van der Waals surface area contributed by atoms with Crippen molar-refractivity contribution >= 4 is 29.3 Å². The minimum absolute atomic E-state index is 0.00465. The van der Waals surface area contributed by atoms with Crippen LogP contribution in [0.3, 0.4) is 0 Å². The Hall–Kier alpha value is -4.99. The number of anilines is 1. The Balaban J connectivity index is 1.14. The SMILES string of the molecule is COc1cc(-c2cccc(-c3cccc4c3CC[C@@H]4Nc3nc(OC)c(CNC4(C(=O)O)CC4)nc3C(F)(F)F)c2Cl)cc(F)c1CNC[C@@H]1CCC(=O)N1. The van der Waals surface area contributed by atoms with Crippen LogP contribution in [-0.4, -0.2) is 59.3 Å². The number of aliphatic carboxylic acids is 1. The maximum Gasteiger partial charge on any atom is 0.437 e. The highest BCUT2D eigenvalue weighted by Gasteiger charge is 2.50. The molecule has 2 aliphatic carbocycles. The van der Waals surface area contributed by atoms with E-state index in [-0.39, 0.29) is 36.6 Å². The Bertz CT molecular complexity index is 2150. The Morgan fingerprint density at radius 3 is 2.44 bits per heavy atom. The van der Waals surface area contributed by atoms with E-state index in [1.54, 1.807) is 18.2 Å². The lowest BCUT2D eigenvalue weighted by Crippen LogP contribution is -2.39. The van der Waals surface area contributed by atoms with Crippen LogP contribution in [-0.2, 0) is 35.3 Å². The van der Waals surface area contributed by atoms with Gasteiger partial charge < -0.3 is 30.5 Å². The summed E-state index contributed by atoms with van der Waals surface area (Å²) in [5.74, 6) is -1.88. The van der Waals surface area contributed by atoms with Crippen molar-refractivity contribution in [3.8, 4) is 33.9 Å². The van der Waals surface area contributed by atoms with Gasteiger partial charge in [0.1, 0.15) is 22.8 Å². The molecule has 1 saturated heterocycles. The van der Waals surface area contributed by atoms with Gasteiger partial charge in [0.25, 0.3) is 0 Å². The second kappa shape index (κ2) is 15.3. The molecule has 4 aromatic rings. The molecule has 3 aromatic carbocycles. The number of halogens is 5. The quantitative estimate of drug-likeness (QED) is 0.0865. The van der Waals surface area contributed by atoms with Crippen LogP contribution in [0.1, 0.15) is 66.2 Å². The first-order valence-electron chi connectivity index (χ1n) is 17.9. The highest BCUT2D eigenvalue weighted by molar-refractivity contribution is 6.36. The van der Waals surface area contributed by atoms with E-state index < -0.39 is 41.1 Å². The largest absolute Gasteiger partial charge is 0.496 e. The molecule has 11 nitrogen and oxygen atoms in total. The van der Waals surface area contributed by atoms with Gasteiger partial charge in [0.15, 0.2) is 11.5 Å². The van der Waals surface area contributed by atoms with Crippen LogP contribution in [0.5, 0.6) is 11.6 Å². The van der Waals surface area contributed by atoms with E-state index in [0.29, 0.717) is 71.7 Å². The van der Waals surface area contributed by atoms with Crippen LogP contribution in [0, 0.1) is 5.82 Å². The van der Waals surface area contributed by atoms with Gasteiger partial charge in [-0.25, -0.2) is 9.37 Å². The molecule has 5 N–H and O–H groups in total. The van der Waals surface area contributed by atoms with Crippen molar-refractivity contribution in [2.75, 3.05) is 26.1 Å². The van der Waals surface area contributed by atoms with E-state index in [4.69, 9.17) is 21.1 Å². The lowest BCUT2D eigenvalue weighted by Gasteiger charge is -2.21. The molecule has 290 valence electrons. The van der Waals surface area contributed by atoms with Gasteiger partial charge in [-0.3, -0.25) is 14.9 Å². The molecule has 7 rings (SSSR count). The minimum Gasteiger partial charge on any atom is -0.496 e. The highest BCUT2D eigenvalue weighted by atomic mass is 35.5. The van der Waals surface area contributed by atoms with E-state index >= 15 is 4.39 Å². The number of methoxy groups -OCH3 is 2. The number of carbonyl (C=O) groups is 2. The Labute approximate surface area is 319 Å². The first-order chi connectivity index (χ1) is 26.3. The third-order valence-corrected chi connectivity index (χ3v) is 10.9. The fourth-order valence-electron chi connectivity index (χ4n) is 7.38. The summed E-state index contributed by atoms with van der Waals surface area (Å²) in [5, 5.41) is 21.7. The van der Waals surface area contributed by atoms with Gasteiger partial charge in [0.2, 0.25) is 11.8 Å². The smallest absolute Gasteiger partial charge is 0.437 e. The zero-order valence-electron chi connectivity index (χ0n) is 30.0. The topological polar surface area (TPSA) is 147 Å². The number of amides is 1. The molecule has 16 heteroatoms. The van der Waals surface area contributed by atoms with Crippen molar-refractivity contribution in [1.29, 1.82) is 0 Å². The van der Waals surface area contributed by atoms with Crippen LogP contribution in [0.2, 0.25) is 5.02 Å².